The van der Waals surface area contributed by atoms with Gasteiger partial charge in [0.1, 0.15) is 11.5 Å². The normalized spacial score (nSPS) is 11.2. The first kappa shape index (κ1) is 21.6. The van der Waals surface area contributed by atoms with E-state index in [4.69, 9.17) is 14.5 Å². The van der Waals surface area contributed by atoms with Gasteiger partial charge in [0.15, 0.2) is 17.1 Å². The highest BCUT2D eigenvalue weighted by atomic mass is 16.5. The van der Waals surface area contributed by atoms with Gasteiger partial charge in [-0.25, -0.2) is 15.0 Å². The first-order valence-electron chi connectivity index (χ1n) is 11.1. The van der Waals surface area contributed by atoms with Crippen molar-refractivity contribution in [2.75, 3.05) is 14.2 Å². The van der Waals surface area contributed by atoms with Gasteiger partial charge in [-0.1, -0.05) is 12.1 Å². The summed E-state index contributed by atoms with van der Waals surface area (Å²) in [4.78, 5) is 27.1. The number of pyridine rings is 2. The second-order valence-corrected chi connectivity index (χ2v) is 8.00. The van der Waals surface area contributed by atoms with Gasteiger partial charge < -0.3 is 13.9 Å². The van der Waals surface area contributed by atoms with Crippen LogP contribution in [-0.4, -0.2) is 38.1 Å². The highest BCUT2D eigenvalue weighted by molar-refractivity contribution is 5.72. The molecule has 1 aromatic carbocycles. The molecule has 5 rings (SSSR count). The van der Waals surface area contributed by atoms with E-state index in [0.29, 0.717) is 54.2 Å². The lowest BCUT2D eigenvalue weighted by Crippen LogP contribution is -2.27. The predicted octanol–water partition coefficient (Wildman–Crippen LogP) is 3.48. The van der Waals surface area contributed by atoms with Gasteiger partial charge in [0, 0.05) is 31.6 Å². The number of aryl methyl sites for hydroxylation is 3. The van der Waals surface area contributed by atoms with Crippen molar-refractivity contribution >= 4 is 16.7 Å². The van der Waals surface area contributed by atoms with Gasteiger partial charge in [0.05, 0.1) is 25.3 Å². The van der Waals surface area contributed by atoms with Gasteiger partial charge in [-0.3, -0.25) is 9.36 Å². The van der Waals surface area contributed by atoms with Crippen molar-refractivity contribution in [1.82, 2.24) is 23.9 Å². The van der Waals surface area contributed by atoms with Gasteiger partial charge in [-0.2, -0.15) is 0 Å². The molecule has 8 nitrogen and oxygen atoms in total. The fourth-order valence-electron chi connectivity index (χ4n) is 4.14. The average molecular weight is 456 g/mol. The molecule has 0 aliphatic heterocycles. The molecule has 172 valence electrons. The van der Waals surface area contributed by atoms with E-state index in [9.17, 15) is 4.79 Å². The van der Waals surface area contributed by atoms with Crippen LogP contribution in [0.25, 0.3) is 16.7 Å². The number of benzene rings is 1. The van der Waals surface area contributed by atoms with E-state index in [1.807, 2.05) is 53.2 Å². The minimum Gasteiger partial charge on any atom is -0.493 e. The molecule has 0 unspecified atom stereocenters. The third-order valence-electron chi connectivity index (χ3n) is 5.90. The van der Waals surface area contributed by atoms with Gasteiger partial charge in [-0.05, 0) is 54.8 Å². The van der Waals surface area contributed by atoms with Crippen LogP contribution >= 0.6 is 0 Å². The van der Waals surface area contributed by atoms with Gasteiger partial charge in [0.25, 0.3) is 5.56 Å². The molecule has 8 heteroatoms. The highest BCUT2D eigenvalue weighted by Crippen LogP contribution is 2.27. The largest absolute Gasteiger partial charge is 0.493 e. The Morgan fingerprint density at radius 2 is 1.79 bits per heavy atom. The lowest BCUT2D eigenvalue weighted by molar-refractivity contribution is 0.354. The van der Waals surface area contributed by atoms with Crippen molar-refractivity contribution in [3.63, 3.8) is 0 Å². The average Bonchev–Trinajstić information content (AvgIpc) is 3.30. The first-order chi connectivity index (χ1) is 16.7. The molecule has 0 spiro atoms. The van der Waals surface area contributed by atoms with E-state index < -0.39 is 0 Å². The molecule has 0 saturated heterocycles. The molecule has 0 bridgehead atoms. The molecule has 4 aromatic heterocycles. The zero-order chi connectivity index (χ0) is 23.5. The Morgan fingerprint density at radius 3 is 2.62 bits per heavy atom. The molecule has 34 heavy (non-hydrogen) atoms. The number of hydrogen-bond donors (Lipinski definition) is 0. The minimum atomic E-state index is -0.0800. The number of hydrogen-bond acceptors (Lipinski definition) is 6. The molecular formula is C26H25N5O3. The predicted molar refractivity (Wildman–Crippen MR) is 130 cm³/mol. The zero-order valence-electron chi connectivity index (χ0n) is 19.1. The molecule has 0 radical (unpaired) electrons. The SMILES string of the molecule is COc1ccc(CCn2c(CCc3cn4ccccc4n3)nc3ncccc3c2=O)cc1OC. The number of nitrogens with zero attached hydrogens (tertiary/aromatic N) is 5. The Hall–Kier alpha value is -4.20. The monoisotopic (exact) mass is 455 g/mol. The van der Waals surface area contributed by atoms with Crippen molar-refractivity contribution in [2.45, 2.75) is 25.8 Å². The van der Waals surface area contributed by atoms with Crippen LogP contribution < -0.4 is 15.0 Å². The molecular weight excluding hydrogens is 430 g/mol. The Morgan fingerprint density at radius 1 is 0.912 bits per heavy atom. The van der Waals surface area contributed by atoms with Crippen molar-refractivity contribution in [1.29, 1.82) is 0 Å². The van der Waals surface area contributed by atoms with Crippen LogP contribution in [0.15, 0.2) is 71.9 Å². The zero-order valence-corrected chi connectivity index (χ0v) is 19.1. The summed E-state index contributed by atoms with van der Waals surface area (Å²) in [6, 6.07) is 15.3. The number of fused-ring (bicyclic) bond motifs is 2. The number of ether oxygens (including phenoxy) is 2. The molecule has 0 aliphatic rings. The third-order valence-corrected chi connectivity index (χ3v) is 5.90. The van der Waals surface area contributed by atoms with Crippen LogP contribution in [0.5, 0.6) is 11.5 Å². The number of aromatic nitrogens is 5. The summed E-state index contributed by atoms with van der Waals surface area (Å²) in [6.07, 6.45) is 7.55. The topological polar surface area (TPSA) is 83.5 Å². The smallest absolute Gasteiger partial charge is 0.263 e. The molecule has 5 aromatic rings. The Kier molecular flexibility index (Phi) is 5.95. The maximum absolute atomic E-state index is 13.4. The van der Waals surface area contributed by atoms with Crippen molar-refractivity contribution in [3.8, 4) is 11.5 Å². The lowest BCUT2D eigenvalue weighted by atomic mass is 10.1. The van der Waals surface area contributed by atoms with Crippen molar-refractivity contribution in [2.24, 2.45) is 0 Å². The fourth-order valence-corrected chi connectivity index (χ4v) is 4.14. The van der Waals surface area contributed by atoms with E-state index in [2.05, 4.69) is 9.97 Å². The van der Waals surface area contributed by atoms with Crippen LogP contribution in [0.1, 0.15) is 17.1 Å². The number of rotatable bonds is 8. The second-order valence-electron chi connectivity index (χ2n) is 8.00. The number of methoxy groups -OCH3 is 2. The molecule has 0 N–H and O–H groups in total. The van der Waals surface area contributed by atoms with Gasteiger partial charge in [0.2, 0.25) is 0 Å². The van der Waals surface area contributed by atoms with E-state index >= 15 is 0 Å². The Labute approximate surface area is 196 Å². The molecule has 0 aliphatic carbocycles. The fraction of sp³-hybridized carbons (Fsp3) is 0.231. The van der Waals surface area contributed by atoms with Crippen LogP contribution in [0.4, 0.5) is 0 Å². The molecule has 0 fully saturated rings. The summed E-state index contributed by atoms with van der Waals surface area (Å²) < 4.78 is 14.5. The first-order valence-corrected chi connectivity index (χ1v) is 11.1. The molecule has 4 heterocycles. The molecule has 0 atom stereocenters. The number of imidazole rings is 1. The van der Waals surface area contributed by atoms with Crippen LogP contribution in [0, 0.1) is 0 Å². The van der Waals surface area contributed by atoms with Crippen LogP contribution in [0.2, 0.25) is 0 Å². The van der Waals surface area contributed by atoms with Crippen LogP contribution in [0.3, 0.4) is 0 Å². The summed E-state index contributed by atoms with van der Waals surface area (Å²) >= 11 is 0. The Balaban J connectivity index is 1.45. The maximum atomic E-state index is 13.4. The standard InChI is InChI=1S/C26H25N5O3/c1-33-21-10-8-18(16-22(21)34-2)12-15-31-24(29-25-20(26(31)32)6-5-13-27-25)11-9-19-17-30-14-4-3-7-23(30)28-19/h3-8,10,13-14,16-17H,9,11-12,15H2,1-2H3. The highest BCUT2D eigenvalue weighted by Gasteiger charge is 2.14. The minimum absolute atomic E-state index is 0.0800. The van der Waals surface area contributed by atoms with E-state index in [0.717, 1.165) is 16.9 Å². The Bertz CT molecular complexity index is 1490. The molecule has 0 amide bonds. The van der Waals surface area contributed by atoms with Gasteiger partial charge in [-0.15, -0.1) is 0 Å². The molecule has 0 saturated carbocycles. The van der Waals surface area contributed by atoms with Crippen LogP contribution in [-0.2, 0) is 25.8 Å². The summed E-state index contributed by atoms with van der Waals surface area (Å²) in [5.41, 5.74) is 3.29. The van der Waals surface area contributed by atoms with Crippen molar-refractivity contribution in [3.05, 3.63) is 94.6 Å². The third kappa shape index (κ3) is 4.22. The summed E-state index contributed by atoms with van der Waals surface area (Å²) in [5, 5.41) is 0.520. The van der Waals surface area contributed by atoms with E-state index in [-0.39, 0.29) is 5.56 Å². The lowest BCUT2D eigenvalue weighted by Gasteiger charge is -2.14. The van der Waals surface area contributed by atoms with E-state index in [1.165, 1.54) is 0 Å². The van der Waals surface area contributed by atoms with E-state index in [1.54, 1.807) is 37.1 Å². The summed E-state index contributed by atoms with van der Waals surface area (Å²) in [6.45, 7) is 0.493. The maximum Gasteiger partial charge on any atom is 0.263 e. The summed E-state index contributed by atoms with van der Waals surface area (Å²) in [7, 11) is 3.23. The quantitative estimate of drug-likeness (QED) is 0.356. The van der Waals surface area contributed by atoms with Crippen molar-refractivity contribution < 1.29 is 9.47 Å². The second kappa shape index (κ2) is 9.35. The summed E-state index contributed by atoms with van der Waals surface area (Å²) in [5.74, 6) is 2.05. The van der Waals surface area contributed by atoms with Gasteiger partial charge >= 0.3 is 0 Å².